The quantitative estimate of drug-likeness (QED) is 0.719. The third kappa shape index (κ3) is 4.18. The second-order valence-electron chi connectivity index (χ2n) is 6.23. The third-order valence-electron chi connectivity index (χ3n) is 4.16. The van der Waals surface area contributed by atoms with Gasteiger partial charge in [0.15, 0.2) is 5.13 Å². The molecular weight excluding hydrogens is 282 g/mol. The number of hydrogen-bond donors (Lipinski definition) is 1. The summed E-state index contributed by atoms with van der Waals surface area (Å²) in [5.41, 5.74) is 1.13. The lowest BCUT2D eigenvalue weighted by molar-refractivity contribution is 0.181. The van der Waals surface area contributed by atoms with Gasteiger partial charge in [-0.2, -0.15) is 0 Å². The predicted molar refractivity (Wildman–Crippen MR) is 88.0 cm³/mol. The van der Waals surface area contributed by atoms with E-state index in [0.29, 0.717) is 6.61 Å². The molecule has 0 aliphatic heterocycles. The van der Waals surface area contributed by atoms with Crippen molar-refractivity contribution in [2.45, 2.75) is 70.7 Å². The average molecular weight is 309 g/mol. The number of aromatic nitrogens is 1. The Morgan fingerprint density at radius 3 is 2.76 bits per heavy atom. The summed E-state index contributed by atoms with van der Waals surface area (Å²) in [6, 6.07) is 1.48. The van der Waals surface area contributed by atoms with Gasteiger partial charge in [-0.05, 0) is 32.1 Å². The molecule has 1 N–H and O–H groups in total. The number of thiazole rings is 1. The largest absolute Gasteiger partial charge is 0.378 e. The maximum absolute atomic E-state index is 5.34. The first-order valence-electron chi connectivity index (χ1n) is 8.29. The average Bonchev–Trinajstić information content (AvgIpc) is 3.38. The highest BCUT2D eigenvalue weighted by atomic mass is 32.1. The van der Waals surface area contributed by atoms with E-state index in [4.69, 9.17) is 9.72 Å². The van der Waals surface area contributed by atoms with Crippen LogP contribution in [0.5, 0.6) is 0 Å². The lowest BCUT2D eigenvalue weighted by atomic mass is 10.3. The third-order valence-corrected chi connectivity index (χ3v) is 5.30. The van der Waals surface area contributed by atoms with E-state index in [1.165, 1.54) is 48.5 Å². The van der Waals surface area contributed by atoms with Gasteiger partial charge in [0.05, 0.1) is 12.3 Å². The number of nitrogens with one attached hydrogen (secondary N) is 1. The highest BCUT2D eigenvalue weighted by Crippen LogP contribution is 2.36. The van der Waals surface area contributed by atoms with Crippen LogP contribution in [0.25, 0.3) is 0 Å². The van der Waals surface area contributed by atoms with Crippen molar-refractivity contribution in [1.29, 1.82) is 0 Å². The summed E-state index contributed by atoms with van der Waals surface area (Å²) in [4.78, 5) is 8.79. The van der Waals surface area contributed by atoms with E-state index in [-0.39, 0.29) is 0 Å². The molecule has 4 nitrogen and oxygen atoms in total. The van der Waals surface area contributed by atoms with Gasteiger partial charge in [0.2, 0.25) is 0 Å². The summed E-state index contributed by atoms with van der Waals surface area (Å²) in [6.45, 7) is 4.99. The molecule has 0 spiro atoms. The molecule has 0 amide bonds. The van der Waals surface area contributed by atoms with Gasteiger partial charge in [0.25, 0.3) is 0 Å². The maximum atomic E-state index is 5.34. The van der Waals surface area contributed by atoms with Gasteiger partial charge in [-0.1, -0.05) is 13.3 Å². The van der Waals surface area contributed by atoms with Crippen LogP contribution in [0.1, 0.15) is 56.0 Å². The van der Waals surface area contributed by atoms with Crippen molar-refractivity contribution in [3.8, 4) is 0 Å². The van der Waals surface area contributed by atoms with Crippen molar-refractivity contribution in [1.82, 2.24) is 10.3 Å². The van der Waals surface area contributed by atoms with Gasteiger partial charge in [-0.25, -0.2) is 4.98 Å². The van der Waals surface area contributed by atoms with Crippen LogP contribution in [-0.2, 0) is 17.9 Å². The predicted octanol–water partition coefficient (Wildman–Crippen LogP) is 3.31. The van der Waals surface area contributed by atoms with Crippen molar-refractivity contribution in [2.75, 3.05) is 18.6 Å². The second kappa shape index (κ2) is 7.07. The van der Waals surface area contributed by atoms with E-state index in [2.05, 4.69) is 17.1 Å². The molecule has 1 aromatic heterocycles. The molecule has 1 aromatic rings. The maximum Gasteiger partial charge on any atom is 0.186 e. The zero-order chi connectivity index (χ0) is 14.7. The van der Waals surface area contributed by atoms with Crippen LogP contribution in [0.4, 0.5) is 5.13 Å². The highest BCUT2D eigenvalue weighted by molar-refractivity contribution is 7.15. The Morgan fingerprint density at radius 1 is 1.33 bits per heavy atom. The molecule has 2 aliphatic carbocycles. The summed E-state index contributed by atoms with van der Waals surface area (Å²) in [7, 11) is 1.76. The molecule has 3 rings (SSSR count). The van der Waals surface area contributed by atoms with Crippen LogP contribution in [0.3, 0.4) is 0 Å². The summed E-state index contributed by atoms with van der Waals surface area (Å²) >= 11 is 1.87. The molecule has 0 unspecified atom stereocenters. The molecule has 0 bridgehead atoms. The zero-order valence-corrected chi connectivity index (χ0v) is 14.0. The lowest BCUT2D eigenvalue weighted by Crippen LogP contribution is -2.26. The Labute approximate surface area is 131 Å². The summed E-state index contributed by atoms with van der Waals surface area (Å²) in [5, 5.41) is 4.82. The van der Waals surface area contributed by atoms with Crippen LogP contribution in [-0.4, -0.2) is 30.7 Å². The summed E-state index contributed by atoms with van der Waals surface area (Å²) in [6.07, 6.45) is 7.82. The number of methoxy groups -OCH3 is 1. The molecule has 2 fully saturated rings. The van der Waals surface area contributed by atoms with Gasteiger partial charge >= 0.3 is 0 Å². The monoisotopic (exact) mass is 309 g/mol. The molecular formula is C16H27N3OS. The van der Waals surface area contributed by atoms with E-state index in [1.54, 1.807) is 7.11 Å². The van der Waals surface area contributed by atoms with Crippen molar-refractivity contribution >= 4 is 16.5 Å². The normalized spacial score (nSPS) is 18.2. The standard InChI is InChI=1S/C16H27N3OS/c1-3-4-9-19(13-7-8-13)16-18-14(11-20-2)15(21-16)10-17-12-5-6-12/h12-13,17H,3-11H2,1-2H3. The fourth-order valence-corrected chi connectivity index (χ4v) is 3.67. The van der Waals surface area contributed by atoms with Gasteiger partial charge in [0, 0.05) is 37.2 Å². The van der Waals surface area contributed by atoms with Crippen LogP contribution in [0.2, 0.25) is 0 Å². The number of ether oxygens (including phenoxy) is 1. The highest BCUT2D eigenvalue weighted by Gasteiger charge is 2.31. The molecule has 118 valence electrons. The number of unbranched alkanes of at least 4 members (excludes halogenated alkanes) is 1. The van der Waals surface area contributed by atoms with Gasteiger partial charge in [0.1, 0.15) is 0 Å². The smallest absolute Gasteiger partial charge is 0.186 e. The zero-order valence-electron chi connectivity index (χ0n) is 13.2. The second-order valence-corrected chi connectivity index (χ2v) is 7.29. The van der Waals surface area contributed by atoms with Gasteiger partial charge < -0.3 is 15.0 Å². The number of anilines is 1. The van der Waals surface area contributed by atoms with Crippen LogP contribution >= 0.6 is 11.3 Å². The van der Waals surface area contributed by atoms with Crippen LogP contribution in [0, 0.1) is 0 Å². The Hall–Kier alpha value is -0.650. The summed E-state index contributed by atoms with van der Waals surface area (Å²) < 4.78 is 5.34. The SMILES string of the molecule is CCCCN(c1nc(COC)c(CNC2CC2)s1)C1CC1. The molecule has 0 radical (unpaired) electrons. The van der Waals surface area contributed by atoms with Crippen molar-refractivity contribution in [3.05, 3.63) is 10.6 Å². The fraction of sp³-hybridized carbons (Fsp3) is 0.812. The van der Waals surface area contributed by atoms with E-state index in [9.17, 15) is 0 Å². The van der Waals surface area contributed by atoms with Crippen molar-refractivity contribution in [2.24, 2.45) is 0 Å². The fourth-order valence-electron chi connectivity index (χ4n) is 2.55. The van der Waals surface area contributed by atoms with Gasteiger partial charge in [-0.15, -0.1) is 11.3 Å². The molecule has 0 saturated heterocycles. The Balaban J connectivity index is 1.71. The first-order chi connectivity index (χ1) is 10.3. The topological polar surface area (TPSA) is 37.4 Å². The first kappa shape index (κ1) is 15.3. The molecule has 2 aliphatic rings. The minimum Gasteiger partial charge on any atom is -0.378 e. The van der Waals surface area contributed by atoms with Crippen molar-refractivity contribution in [3.63, 3.8) is 0 Å². The number of rotatable bonds is 10. The molecule has 21 heavy (non-hydrogen) atoms. The molecule has 5 heteroatoms. The number of nitrogens with zero attached hydrogens (tertiary/aromatic N) is 2. The van der Waals surface area contributed by atoms with Crippen LogP contribution < -0.4 is 10.2 Å². The van der Waals surface area contributed by atoms with Crippen LogP contribution in [0.15, 0.2) is 0 Å². The van der Waals surface area contributed by atoms with Gasteiger partial charge in [-0.3, -0.25) is 0 Å². The van der Waals surface area contributed by atoms with Crippen molar-refractivity contribution < 1.29 is 4.74 Å². The Bertz CT molecular complexity index is 454. The minimum absolute atomic E-state index is 0.629. The van der Waals surface area contributed by atoms with E-state index >= 15 is 0 Å². The van der Waals surface area contributed by atoms with E-state index < -0.39 is 0 Å². The molecule has 1 heterocycles. The van der Waals surface area contributed by atoms with E-state index in [0.717, 1.165) is 30.9 Å². The first-order valence-corrected chi connectivity index (χ1v) is 9.11. The summed E-state index contributed by atoms with van der Waals surface area (Å²) in [5.74, 6) is 0. The van der Waals surface area contributed by atoms with E-state index in [1.807, 2.05) is 11.3 Å². The molecule has 0 atom stereocenters. The number of hydrogen-bond acceptors (Lipinski definition) is 5. The molecule has 2 saturated carbocycles. The lowest BCUT2D eigenvalue weighted by Gasteiger charge is -2.20. The minimum atomic E-state index is 0.629. The Morgan fingerprint density at radius 2 is 2.14 bits per heavy atom. The molecule has 0 aromatic carbocycles. The Kier molecular flexibility index (Phi) is 5.14.